The molecule has 0 saturated carbocycles. The van der Waals surface area contributed by atoms with Gasteiger partial charge in [-0.1, -0.05) is 36.4 Å². The van der Waals surface area contributed by atoms with Crippen LogP contribution in [0.2, 0.25) is 0 Å². The average molecular weight is 595 g/mol. The molecule has 2 fully saturated rings. The summed E-state index contributed by atoms with van der Waals surface area (Å²) >= 11 is 0. The number of carboxylic acids is 1. The minimum atomic E-state index is -1.23. The van der Waals surface area contributed by atoms with Crippen LogP contribution in [0.5, 0.6) is 0 Å². The summed E-state index contributed by atoms with van der Waals surface area (Å²) in [7, 11) is 0. The lowest BCUT2D eigenvalue weighted by atomic mass is 9.55. The van der Waals surface area contributed by atoms with E-state index in [4.69, 9.17) is 10.1 Å². The third kappa shape index (κ3) is 4.98. The van der Waals surface area contributed by atoms with Crippen LogP contribution in [0.4, 0.5) is 0 Å². The lowest BCUT2D eigenvalue weighted by Crippen LogP contribution is -2.65. The summed E-state index contributed by atoms with van der Waals surface area (Å²) in [4.78, 5) is 38.2. The molecule has 2 saturated heterocycles. The molecular formula is C36H42N4O4. The van der Waals surface area contributed by atoms with Crippen molar-refractivity contribution >= 4 is 39.3 Å². The maximum absolute atomic E-state index is 14.1. The van der Waals surface area contributed by atoms with E-state index in [-0.39, 0.29) is 17.9 Å². The fourth-order valence-corrected chi connectivity index (χ4v) is 8.87. The van der Waals surface area contributed by atoms with Crippen LogP contribution in [0.3, 0.4) is 0 Å². The number of aliphatic carboxylic acids is 1. The van der Waals surface area contributed by atoms with Crippen molar-refractivity contribution in [3.63, 3.8) is 0 Å². The fourth-order valence-electron chi connectivity index (χ4n) is 8.87. The number of pyridine rings is 1. The molecule has 1 aliphatic carbocycles. The molecule has 1 unspecified atom stereocenters. The van der Waals surface area contributed by atoms with Crippen LogP contribution in [0.1, 0.15) is 63.5 Å². The highest BCUT2D eigenvalue weighted by molar-refractivity contribution is 6.10. The van der Waals surface area contributed by atoms with Crippen LogP contribution >= 0.6 is 0 Å². The summed E-state index contributed by atoms with van der Waals surface area (Å²) in [5.74, 6) is -0.790. The second-order valence-corrected chi connectivity index (χ2v) is 13.2. The molecule has 3 bridgehead atoms. The minimum absolute atomic E-state index is 0.0788. The van der Waals surface area contributed by atoms with Gasteiger partial charge in [-0.2, -0.15) is 0 Å². The molecule has 3 aliphatic heterocycles. The second kappa shape index (κ2) is 11.6. The number of aliphatic hydroxyl groups is 1. The quantitative estimate of drug-likeness (QED) is 0.192. The number of nitrogens with zero attached hydrogens (tertiary/aromatic N) is 3. The Balaban J connectivity index is 1.37. The molecule has 8 heteroatoms. The zero-order chi connectivity index (χ0) is 30.3. The maximum Gasteiger partial charge on any atom is 0.327 e. The Bertz CT molecular complexity index is 1670. The minimum Gasteiger partial charge on any atom is -0.478 e. The first kappa shape index (κ1) is 29.0. The summed E-state index contributed by atoms with van der Waals surface area (Å²) in [6, 6.07) is 10.0. The lowest BCUT2D eigenvalue weighted by Gasteiger charge is -2.57. The molecule has 1 amide bonds. The molecular weight excluding hydrogens is 552 g/mol. The number of unbranched alkanes of at least 4 members (excludes halogenated alkanes) is 1. The number of H-pyrrole nitrogens is 1. The van der Waals surface area contributed by atoms with Crippen LogP contribution in [-0.4, -0.2) is 79.7 Å². The van der Waals surface area contributed by atoms with E-state index in [0.29, 0.717) is 32.2 Å². The molecule has 0 radical (unpaired) electrons. The van der Waals surface area contributed by atoms with Crippen molar-refractivity contribution in [1.29, 1.82) is 0 Å². The Kier molecular flexibility index (Phi) is 7.67. The molecule has 1 spiro atoms. The van der Waals surface area contributed by atoms with E-state index in [9.17, 15) is 14.7 Å². The number of aromatic amines is 1. The van der Waals surface area contributed by atoms with E-state index in [1.54, 1.807) is 6.08 Å². The number of amides is 1. The van der Waals surface area contributed by atoms with E-state index >= 15 is 0 Å². The van der Waals surface area contributed by atoms with Crippen molar-refractivity contribution in [2.24, 2.45) is 11.3 Å². The normalized spacial score (nSPS) is 31.5. The summed E-state index contributed by atoms with van der Waals surface area (Å²) in [5.41, 5.74) is 2.33. The molecule has 3 aromatic rings. The number of hydrogen-bond donors (Lipinski definition) is 3. The standard InChI is InChI=1S/C36H42N4O4/c41-30-23-35-24-39-19-10-4-2-1-3-9-17-36(44,34(35)40(30)20-11-5-6-14-31(42)43)22-27(28(35)16-21-39)32-33-26(15-18-37-32)25-12-7-8-13-29(25)38-33/h1,3,6-8,12-15,18,22,28,34,38,44H,2,4-5,9-11,16-17,19-21,23-24H2,(H,42,43)/b3-1-,14-6+/t28-,34+,35-,36-/m0/s1. The monoisotopic (exact) mass is 594 g/mol. The fraction of sp³-hybridized carbons (Fsp3) is 0.472. The summed E-state index contributed by atoms with van der Waals surface area (Å²) in [6.45, 7) is 3.23. The van der Waals surface area contributed by atoms with Crippen molar-refractivity contribution in [2.45, 2.75) is 69.4 Å². The van der Waals surface area contributed by atoms with Crippen LogP contribution in [0.25, 0.3) is 27.4 Å². The van der Waals surface area contributed by atoms with Gasteiger partial charge in [-0.15, -0.1) is 0 Å². The Morgan fingerprint density at radius 3 is 2.86 bits per heavy atom. The van der Waals surface area contributed by atoms with E-state index in [1.165, 1.54) is 6.08 Å². The van der Waals surface area contributed by atoms with Gasteiger partial charge in [0.1, 0.15) is 5.60 Å². The van der Waals surface area contributed by atoms with Gasteiger partial charge in [-0.3, -0.25) is 9.78 Å². The number of likely N-dealkylation sites (tertiary alicyclic amines) is 1. The molecule has 5 heterocycles. The number of allylic oxidation sites excluding steroid dienone is 4. The van der Waals surface area contributed by atoms with E-state index in [2.05, 4.69) is 52.4 Å². The number of para-hydroxylation sites is 1. The maximum atomic E-state index is 14.1. The van der Waals surface area contributed by atoms with Crippen molar-refractivity contribution in [1.82, 2.24) is 19.8 Å². The highest BCUT2D eigenvalue weighted by atomic mass is 16.4. The molecule has 4 aliphatic rings. The van der Waals surface area contributed by atoms with Gasteiger partial charge in [0.2, 0.25) is 5.91 Å². The molecule has 230 valence electrons. The molecule has 3 N–H and O–H groups in total. The van der Waals surface area contributed by atoms with Gasteiger partial charge in [0.15, 0.2) is 0 Å². The summed E-state index contributed by atoms with van der Waals surface area (Å²) < 4.78 is 0. The summed E-state index contributed by atoms with van der Waals surface area (Å²) in [5, 5.41) is 24.2. The van der Waals surface area contributed by atoms with Gasteiger partial charge in [0, 0.05) is 53.5 Å². The number of hydrogen-bond acceptors (Lipinski definition) is 5. The number of nitrogens with one attached hydrogen (secondary N) is 1. The first-order valence-electron chi connectivity index (χ1n) is 16.3. The smallest absolute Gasteiger partial charge is 0.327 e. The van der Waals surface area contributed by atoms with Crippen molar-refractivity contribution in [2.75, 3.05) is 26.2 Å². The highest BCUT2D eigenvalue weighted by Crippen LogP contribution is 2.60. The molecule has 2 aromatic heterocycles. The van der Waals surface area contributed by atoms with E-state index in [0.717, 1.165) is 84.8 Å². The third-order valence-electron chi connectivity index (χ3n) is 10.6. The topological polar surface area (TPSA) is 110 Å². The number of carbonyl (C=O) groups is 2. The first-order valence-corrected chi connectivity index (χ1v) is 16.3. The lowest BCUT2D eigenvalue weighted by molar-refractivity contribution is -0.134. The SMILES string of the molecule is O=C(O)/C=C/CCCN1C(=O)C[C@]23CN4CCCC/C=C\CC[C@](O)(C=C(c5nccc6c5[nH]c5ccccc56)[C@@H]2CC4)[C@H]13. The van der Waals surface area contributed by atoms with Crippen molar-refractivity contribution < 1.29 is 19.8 Å². The number of benzene rings is 1. The van der Waals surface area contributed by atoms with Gasteiger partial charge >= 0.3 is 5.97 Å². The average Bonchev–Trinajstić information content (AvgIpc) is 3.52. The van der Waals surface area contributed by atoms with Crippen molar-refractivity contribution in [3.8, 4) is 0 Å². The number of aromatic nitrogens is 2. The van der Waals surface area contributed by atoms with E-state index < -0.39 is 17.0 Å². The van der Waals surface area contributed by atoms with Gasteiger partial charge in [-0.25, -0.2) is 4.79 Å². The number of rotatable bonds is 6. The molecule has 44 heavy (non-hydrogen) atoms. The number of piperidine rings is 1. The summed E-state index contributed by atoms with van der Waals surface area (Å²) in [6.07, 6.45) is 18.3. The first-order chi connectivity index (χ1) is 21.4. The zero-order valence-electron chi connectivity index (χ0n) is 25.3. The van der Waals surface area contributed by atoms with Gasteiger partial charge < -0.3 is 25.0 Å². The van der Waals surface area contributed by atoms with Gasteiger partial charge in [0.05, 0.1) is 17.3 Å². The Morgan fingerprint density at radius 2 is 1.98 bits per heavy atom. The number of fused-ring (bicyclic) bond motifs is 4. The Morgan fingerprint density at radius 1 is 1.11 bits per heavy atom. The molecule has 5 atom stereocenters. The molecule has 8 nitrogen and oxygen atoms in total. The molecule has 1 aromatic carbocycles. The predicted octanol–water partition coefficient (Wildman–Crippen LogP) is 5.69. The van der Waals surface area contributed by atoms with Crippen LogP contribution in [0.15, 0.2) is 66.9 Å². The van der Waals surface area contributed by atoms with Crippen LogP contribution in [-0.2, 0) is 9.59 Å². The van der Waals surface area contributed by atoms with Crippen LogP contribution in [0, 0.1) is 11.3 Å². The van der Waals surface area contributed by atoms with Crippen molar-refractivity contribution in [3.05, 3.63) is 72.6 Å². The highest BCUT2D eigenvalue weighted by Gasteiger charge is 2.66. The third-order valence-corrected chi connectivity index (χ3v) is 10.6. The zero-order valence-corrected chi connectivity index (χ0v) is 25.3. The Labute approximate surface area is 258 Å². The van der Waals surface area contributed by atoms with Gasteiger partial charge in [0.25, 0.3) is 0 Å². The number of carbonyl (C=O) groups excluding carboxylic acids is 1. The largest absolute Gasteiger partial charge is 0.478 e. The van der Waals surface area contributed by atoms with Crippen LogP contribution < -0.4 is 0 Å². The van der Waals surface area contributed by atoms with Gasteiger partial charge in [-0.05, 0) is 94.2 Å². The predicted molar refractivity (Wildman–Crippen MR) is 172 cm³/mol. The number of carboxylic acid groups (broad SMARTS) is 1. The Hall–Kier alpha value is -3.75. The second-order valence-electron chi connectivity index (χ2n) is 13.2. The molecule has 7 rings (SSSR count). The van der Waals surface area contributed by atoms with E-state index in [1.807, 2.05) is 17.2 Å².